The number of aromatic nitrogens is 1. The molecule has 1 heterocycles. The van der Waals surface area contributed by atoms with Crippen molar-refractivity contribution < 1.29 is 8.78 Å². The monoisotopic (exact) mass is 208 g/mol. The number of rotatable bonds is 2. The second kappa shape index (κ2) is 3.81. The van der Waals surface area contributed by atoms with Gasteiger partial charge in [0.1, 0.15) is 17.5 Å². The summed E-state index contributed by atoms with van der Waals surface area (Å²) in [5, 5.41) is 3.31. The fourth-order valence-electron chi connectivity index (χ4n) is 1.44. The quantitative estimate of drug-likeness (QED) is 0.820. The minimum absolute atomic E-state index is 0.325. The Kier molecular flexibility index (Phi) is 2.49. The number of nitrogens with one attached hydrogen (secondary N) is 1. The fourth-order valence-corrected chi connectivity index (χ4v) is 1.44. The van der Waals surface area contributed by atoms with E-state index >= 15 is 0 Å². The Hall–Kier alpha value is -1.71. The van der Waals surface area contributed by atoms with E-state index in [1.807, 2.05) is 6.92 Å². The van der Waals surface area contributed by atoms with Gasteiger partial charge in [-0.2, -0.15) is 0 Å². The fraction of sp³-hybridized carbons (Fsp3) is 0.182. The normalized spacial score (nSPS) is 10.6. The van der Waals surface area contributed by atoms with Gasteiger partial charge in [0.15, 0.2) is 0 Å². The van der Waals surface area contributed by atoms with Crippen LogP contribution in [0.25, 0.3) is 10.9 Å². The van der Waals surface area contributed by atoms with Gasteiger partial charge in [0.25, 0.3) is 0 Å². The molecular weight excluding hydrogens is 198 g/mol. The second-order valence-electron chi connectivity index (χ2n) is 3.18. The van der Waals surface area contributed by atoms with Crippen LogP contribution in [0.5, 0.6) is 0 Å². The lowest BCUT2D eigenvalue weighted by molar-refractivity contribution is 0.591. The molecule has 1 aromatic heterocycles. The summed E-state index contributed by atoms with van der Waals surface area (Å²) >= 11 is 0. The molecule has 0 spiro atoms. The van der Waals surface area contributed by atoms with Crippen LogP contribution in [0.4, 0.5) is 14.6 Å². The van der Waals surface area contributed by atoms with Gasteiger partial charge >= 0.3 is 0 Å². The molecule has 0 unspecified atom stereocenters. The van der Waals surface area contributed by atoms with Crippen molar-refractivity contribution in [3.63, 3.8) is 0 Å². The van der Waals surface area contributed by atoms with Gasteiger partial charge in [-0.3, -0.25) is 0 Å². The standard InChI is InChI=1S/C11H10F2N2/c1-2-14-11-4-3-8-9(13)5-7(12)6-10(8)15-11/h3-6H,2H2,1H3,(H,14,15). The molecule has 78 valence electrons. The highest BCUT2D eigenvalue weighted by Crippen LogP contribution is 2.19. The molecule has 0 fully saturated rings. The molecule has 0 atom stereocenters. The molecule has 1 aromatic carbocycles. The SMILES string of the molecule is CCNc1ccc2c(F)cc(F)cc2n1. The van der Waals surface area contributed by atoms with Crippen LogP contribution in [0.2, 0.25) is 0 Å². The summed E-state index contributed by atoms with van der Waals surface area (Å²) in [6, 6.07) is 5.35. The molecule has 2 rings (SSSR count). The Balaban J connectivity index is 2.60. The van der Waals surface area contributed by atoms with Crippen molar-refractivity contribution in [2.45, 2.75) is 6.92 Å². The van der Waals surface area contributed by atoms with Gasteiger partial charge < -0.3 is 5.32 Å². The van der Waals surface area contributed by atoms with Gasteiger partial charge in [0.05, 0.1) is 5.52 Å². The van der Waals surface area contributed by atoms with Crippen molar-refractivity contribution in [2.75, 3.05) is 11.9 Å². The summed E-state index contributed by atoms with van der Waals surface area (Å²) < 4.78 is 26.2. The summed E-state index contributed by atoms with van der Waals surface area (Å²) in [6.45, 7) is 2.65. The number of hydrogen-bond donors (Lipinski definition) is 1. The molecule has 0 aliphatic heterocycles. The third-order valence-corrected chi connectivity index (χ3v) is 2.08. The van der Waals surface area contributed by atoms with Crippen LogP contribution in [0.15, 0.2) is 24.3 Å². The van der Waals surface area contributed by atoms with Crippen molar-refractivity contribution in [2.24, 2.45) is 0 Å². The lowest BCUT2D eigenvalue weighted by atomic mass is 10.2. The first-order valence-corrected chi connectivity index (χ1v) is 4.70. The highest BCUT2D eigenvalue weighted by atomic mass is 19.1. The smallest absolute Gasteiger partial charge is 0.135 e. The summed E-state index contributed by atoms with van der Waals surface area (Å²) in [6.07, 6.45) is 0. The van der Waals surface area contributed by atoms with Crippen molar-refractivity contribution in [1.82, 2.24) is 4.98 Å². The Morgan fingerprint density at radius 1 is 1.27 bits per heavy atom. The molecule has 4 heteroatoms. The van der Waals surface area contributed by atoms with Gasteiger partial charge in [-0.1, -0.05) is 0 Å². The van der Waals surface area contributed by atoms with Crippen LogP contribution in [0, 0.1) is 11.6 Å². The van der Waals surface area contributed by atoms with Gasteiger partial charge in [-0.05, 0) is 19.1 Å². The van der Waals surface area contributed by atoms with E-state index in [1.54, 1.807) is 12.1 Å². The maximum atomic E-state index is 13.3. The zero-order chi connectivity index (χ0) is 10.8. The molecule has 0 radical (unpaired) electrons. The molecule has 0 saturated carbocycles. The molecule has 0 bridgehead atoms. The zero-order valence-electron chi connectivity index (χ0n) is 8.22. The number of nitrogens with zero attached hydrogens (tertiary/aromatic N) is 1. The number of hydrogen-bond acceptors (Lipinski definition) is 2. The van der Waals surface area contributed by atoms with E-state index in [2.05, 4.69) is 10.3 Å². The van der Waals surface area contributed by atoms with E-state index in [-0.39, 0.29) is 0 Å². The molecule has 1 N–H and O–H groups in total. The van der Waals surface area contributed by atoms with Crippen LogP contribution in [0.1, 0.15) is 6.92 Å². The highest BCUT2D eigenvalue weighted by molar-refractivity contribution is 5.80. The summed E-state index contributed by atoms with van der Waals surface area (Å²) in [4.78, 5) is 4.10. The van der Waals surface area contributed by atoms with Gasteiger partial charge in [-0.25, -0.2) is 13.8 Å². The second-order valence-corrected chi connectivity index (χ2v) is 3.18. The number of halogens is 2. The Morgan fingerprint density at radius 2 is 2.07 bits per heavy atom. The molecule has 2 aromatic rings. The van der Waals surface area contributed by atoms with E-state index < -0.39 is 11.6 Å². The lowest BCUT2D eigenvalue weighted by Gasteiger charge is -2.04. The number of pyridine rings is 1. The van der Waals surface area contributed by atoms with Crippen molar-refractivity contribution in [3.8, 4) is 0 Å². The Labute approximate surface area is 85.9 Å². The molecule has 0 saturated heterocycles. The summed E-state index contributed by atoms with van der Waals surface area (Å²) in [7, 11) is 0. The van der Waals surface area contributed by atoms with Gasteiger partial charge in [0, 0.05) is 24.1 Å². The number of benzene rings is 1. The van der Waals surface area contributed by atoms with Crippen molar-refractivity contribution in [1.29, 1.82) is 0 Å². The highest BCUT2D eigenvalue weighted by Gasteiger charge is 2.05. The largest absolute Gasteiger partial charge is 0.370 e. The zero-order valence-corrected chi connectivity index (χ0v) is 8.22. The summed E-state index contributed by atoms with van der Waals surface area (Å²) in [5.74, 6) is -0.573. The first kappa shape index (κ1) is 9.83. The average Bonchev–Trinajstić information content (AvgIpc) is 2.17. The third kappa shape index (κ3) is 1.88. The minimum atomic E-state index is -0.610. The van der Waals surface area contributed by atoms with Crippen LogP contribution >= 0.6 is 0 Å². The minimum Gasteiger partial charge on any atom is -0.370 e. The van der Waals surface area contributed by atoms with Crippen LogP contribution in [0.3, 0.4) is 0 Å². The predicted molar refractivity (Wildman–Crippen MR) is 55.8 cm³/mol. The van der Waals surface area contributed by atoms with E-state index in [0.29, 0.717) is 16.7 Å². The third-order valence-electron chi connectivity index (χ3n) is 2.08. The van der Waals surface area contributed by atoms with E-state index in [1.165, 1.54) is 6.07 Å². The Bertz CT molecular complexity index is 497. The van der Waals surface area contributed by atoms with Gasteiger partial charge in [-0.15, -0.1) is 0 Å². The molecule has 0 aliphatic carbocycles. The average molecular weight is 208 g/mol. The van der Waals surface area contributed by atoms with Crippen molar-refractivity contribution in [3.05, 3.63) is 35.9 Å². The Morgan fingerprint density at radius 3 is 2.80 bits per heavy atom. The summed E-state index contributed by atoms with van der Waals surface area (Å²) in [5.41, 5.74) is 0.325. The first-order chi connectivity index (χ1) is 7.20. The van der Waals surface area contributed by atoms with Gasteiger partial charge in [0.2, 0.25) is 0 Å². The molecule has 15 heavy (non-hydrogen) atoms. The molecular formula is C11H10F2N2. The maximum Gasteiger partial charge on any atom is 0.135 e. The maximum absolute atomic E-state index is 13.3. The number of anilines is 1. The van der Waals surface area contributed by atoms with E-state index in [0.717, 1.165) is 12.6 Å². The van der Waals surface area contributed by atoms with Crippen LogP contribution in [-0.2, 0) is 0 Å². The van der Waals surface area contributed by atoms with E-state index in [9.17, 15) is 8.78 Å². The number of fused-ring (bicyclic) bond motifs is 1. The first-order valence-electron chi connectivity index (χ1n) is 4.70. The predicted octanol–water partition coefficient (Wildman–Crippen LogP) is 2.94. The van der Waals surface area contributed by atoms with E-state index in [4.69, 9.17) is 0 Å². The molecule has 2 nitrogen and oxygen atoms in total. The van der Waals surface area contributed by atoms with Crippen LogP contribution < -0.4 is 5.32 Å². The topological polar surface area (TPSA) is 24.9 Å². The van der Waals surface area contributed by atoms with Crippen molar-refractivity contribution >= 4 is 16.7 Å². The van der Waals surface area contributed by atoms with Crippen LogP contribution in [-0.4, -0.2) is 11.5 Å². The lowest BCUT2D eigenvalue weighted by Crippen LogP contribution is -1.99. The molecule has 0 aliphatic rings. The molecule has 0 amide bonds.